The van der Waals surface area contributed by atoms with Crippen LogP contribution in [0.2, 0.25) is 0 Å². The monoisotopic (exact) mass is 777 g/mol. The molecule has 4 N–H and O–H groups in total. The van der Waals surface area contributed by atoms with E-state index in [0.717, 1.165) is 82.9 Å². The number of carbonyl (C=O) groups excluding carboxylic acids is 5. The molecule has 0 saturated heterocycles. The van der Waals surface area contributed by atoms with Gasteiger partial charge in [0.2, 0.25) is 12.1 Å². The summed E-state index contributed by atoms with van der Waals surface area (Å²) in [6, 6.07) is 0. The molecule has 0 aromatic heterocycles. The van der Waals surface area contributed by atoms with Crippen molar-refractivity contribution in [3.05, 3.63) is 0 Å². The summed E-state index contributed by atoms with van der Waals surface area (Å²) in [7, 11) is 0. The van der Waals surface area contributed by atoms with Crippen molar-refractivity contribution >= 4 is 47.5 Å². The molecule has 0 aliphatic rings. The van der Waals surface area contributed by atoms with Crippen molar-refractivity contribution in [3.8, 4) is 0 Å². The van der Waals surface area contributed by atoms with Crippen LogP contribution in [0.15, 0.2) is 0 Å². The van der Waals surface area contributed by atoms with Crippen molar-refractivity contribution in [1.29, 1.82) is 0 Å². The summed E-state index contributed by atoms with van der Waals surface area (Å²) >= 11 is 1.94. The van der Waals surface area contributed by atoms with Gasteiger partial charge in [-0.25, -0.2) is 9.59 Å². The van der Waals surface area contributed by atoms with E-state index in [1.165, 1.54) is 38.5 Å². The van der Waals surface area contributed by atoms with E-state index < -0.39 is 29.5 Å². The van der Waals surface area contributed by atoms with Crippen LogP contribution in [0.3, 0.4) is 0 Å². The number of aliphatic carboxylic acids is 1. The fourth-order valence-electron chi connectivity index (χ4n) is 4.77. The average Bonchev–Trinajstić information content (AvgIpc) is 3.15. The standard InChI is InChI=1S/C37H67N3O12S/c41-32-35(45)52-37(47)36(46)33(42)14-7-3-6-10-31-53-30-9-5-2-1-4-8-16-38-18-12-22-48-26-28-51-29-27-49-23-13-19-40-21-25-50-24-20-39-17-11-15-34(43)44/h32,38-40H,1-31H2,(H,43,44). The van der Waals surface area contributed by atoms with Gasteiger partial charge < -0.3 is 44.7 Å². The Labute approximate surface area is 320 Å². The Morgan fingerprint density at radius 1 is 0.491 bits per heavy atom. The summed E-state index contributed by atoms with van der Waals surface area (Å²) in [4.78, 5) is 65.7. The number of hydrogen-bond acceptors (Lipinski definition) is 15. The van der Waals surface area contributed by atoms with E-state index in [0.29, 0.717) is 65.6 Å². The quantitative estimate of drug-likeness (QED) is 0.0231. The third kappa shape index (κ3) is 39.2. The van der Waals surface area contributed by atoms with Crippen LogP contribution in [0, 0.1) is 0 Å². The lowest BCUT2D eigenvalue weighted by Crippen LogP contribution is -2.28. The highest BCUT2D eigenvalue weighted by atomic mass is 32.2. The zero-order valence-corrected chi connectivity index (χ0v) is 32.7. The molecule has 0 fully saturated rings. The molecule has 0 aromatic rings. The lowest BCUT2D eigenvalue weighted by Gasteiger charge is -2.08. The largest absolute Gasteiger partial charge is 0.481 e. The molecule has 0 unspecified atom stereocenters. The number of carboxylic acid groups (broad SMARTS) is 1. The van der Waals surface area contributed by atoms with E-state index in [9.17, 15) is 28.8 Å². The van der Waals surface area contributed by atoms with Crippen LogP contribution in [0.4, 0.5) is 0 Å². The minimum Gasteiger partial charge on any atom is -0.481 e. The predicted molar refractivity (Wildman–Crippen MR) is 203 cm³/mol. The Hall–Kier alpha value is -2.31. The number of Topliss-reactive ketones (excluding diaryl/α,β-unsaturated/α-hetero) is 2. The molecule has 0 aliphatic heterocycles. The first-order valence-corrected chi connectivity index (χ1v) is 20.5. The van der Waals surface area contributed by atoms with Crippen molar-refractivity contribution in [2.75, 3.05) is 104 Å². The highest BCUT2D eigenvalue weighted by molar-refractivity contribution is 7.99. The van der Waals surface area contributed by atoms with E-state index in [2.05, 4.69) is 20.7 Å². The number of nitrogens with one attached hydrogen (secondary N) is 3. The number of carboxylic acids is 1. The van der Waals surface area contributed by atoms with Crippen LogP contribution in [0.25, 0.3) is 0 Å². The van der Waals surface area contributed by atoms with Crippen LogP contribution in [0.5, 0.6) is 0 Å². The minimum absolute atomic E-state index is 0.0707. The Morgan fingerprint density at radius 3 is 1.51 bits per heavy atom. The highest BCUT2D eigenvalue weighted by Gasteiger charge is 2.25. The number of esters is 2. The molecule has 0 aliphatic carbocycles. The third-order valence-corrected chi connectivity index (χ3v) is 8.84. The number of carbonyl (C=O) groups is 6. The molecule has 0 atom stereocenters. The summed E-state index contributed by atoms with van der Waals surface area (Å²) in [5, 5.41) is 18.5. The Kier molecular flexibility index (Phi) is 39.1. The van der Waals surface area contributed by atoms with Crippen molar-refractivity contribution in [2.24, 2.45) is 0 Å². The Morgan fingerprint density at radius 2 is 0.943 bits per heavy atom. The highest BCUT2D eigenvalue weighted by Crippen LogP contribution is 2.13. The SMILES string of the molecule is O=CC(=O)OC(=O)C(=O)C(=O)CCCCCCSCCCCCCCCNCCCOCCOCCOCCCNCCOCCNCCCC(=O)O. The first-order valence-electron chi connectivity index (χ1n) is 19.4. The van der Waals surface area contributed by atoms with E-state index in [1.54, 1.807) is 0 Å². The van der Waals surface area contributed by atoms with Crippen molar-refractivity contribution in [2.45, 2.75) is 96.3 Å². The van der Waals surface area contributed by atoms with Crippen LogP contribution < -0.4 is 16.0 Å². The van der Waals surface area contributed by atoms with Gasteiger partial charge in [0.05, 0.1) is 39.6 Å². The molecule has 0 saturated carbocycles. The fourth-order valence-corrected chi connectivity index (χ4v) is 5.79. The second kappa shape index (κ2) is 40.9. The number of thioether (sulfide) groups is 1. The van der Waals surface area contributed by atoms with Gasteiger partial charge in [0.15, 0.2) is 0 Å². The van der Waals surface area contributed by atoms with Gasteiger partial charge in [0.25, 0.3) is 0 Å². The second-order valence-corrected chi connectivity index (χ2v) is 13.6. The number of aldehydes is 1. The van der Waals surface area contributed by atoms with Crippen LogP contribution in [-0.2, 0) is 52.5 Å². The van der Waals surface area contributed by atoms with Crippen molar-refractivity contribution < 1.29 is 57.6 Å². The molecule has 0 bridgehead atoms. The maximum Gasteiger partial charge on any atom is 0.390 e. The molecular weight excluding hydrogens is 710 g/mol. The Bertz CT molecular complexity index is 945. The van der Waals surface area contributed by atoms with Gasteiger partial charge in [-0.05, 0) is 82.6 Å². The number of hydrogen-bond donors (Lipinski definition) is 4. The van der Waals surface area contributed by atoms with Crippen LogP contribution in [0.1, 0.15) is 96.3 Å². The molecule has 0 heterocycles. The molecule has 0 amide bonds. The number of unbranched alkanes of at least 4 members (excludes halogenated alkanes) is 8. The maximum absolute atomic E-state index is 11.7. The molecule has 308 valence electrons. The molecule has 53 heavy (non-hydrogen) atoms. The summed E-state index contributed by atoms with van der Waals surface area (Å²) in [5.41, 5.74) is 0. The van der Waals surface area contributed by atoms with E-state index >= 15 is 0 Å². The summed E-state index contributed by atoms with van der Waals surface area (Å²) in [5.74, 6) is -3.93. The van der Waals surface area contributed by atoms with Crippen molar-refractivity contribution in [3.63, 3.8) is 0 Å². The van der Waals surface area contributed by atoms with E-state index in [1.807, 2.05) is 11.8 Å². The van der Waals surface area contributed by atoms with Crippen LogP contribution in [-0.4, -0.2) is 144 Å². The molecule has 15 nitrogen and oxygen atoms in total. The van der Waals surface area contributed by atoms with Crippen molar-refractivity contribution in [1.82, 2.24) is 16.0 Å². The molecule has 0 rings (SSSR count). The lowest BCUT2D eigenvalue weighted by molar-refractivity contribution is -0.166. The summed E-state index contributed by atoms with van der Waals surface area (Å²) in [6.07, 6.45) is 13.1. The summed E-state index contributed by atoms with van der Waals surface area (Å²) in [6.45, 7) is 10.1. The minimum atomic E-state index is -1.60. The van der Waals surface area contributed by atoms with Gasteiger partial charge >= 0.3 is 23.7 Å². The number of ether oxygens (including phenoxy) is 5. The van der Waals surface area contributed by atoms with Gasteiger partial charge in [-0.1, -0.05) is 38.5 Å². The van der Waals surface area contributed by atoms with E-state index in [4.69, 9.17) is 24.1 Å². The second-order valence-electron chi connectivity index (χ2n) is 12.4. The van der Waals surface area contributed by atoms with Gasteiger partial charge in [-0.15, -0.1) is 0 Å². The van der Waals surface area contributed by atoms with E-state index in [-0.39, 0.29) is 19.1 Å². The number of ketones is 2. The third-order valence-electron chi connectivity index (χ3n) is 7.68. The van der Waals surface area contributed by atoms with Gasteiger partial charge in [-0.3, -0.25) is 19.2 Å². The Balaban J connectivity index is 3.18. The lowest BCUT2D eigenvalue weighted by atomic mass is 10.1. The summed E-state index contributed by atoms with van der Waals surface area (Å²) < 4.78 is 26.2. The van der Waals surface area contributed by atoms with Gasteiger partial charge in [-0.2, -0.15) is 11.8 Å². The fraction of sp³-hybridized carbons (Fsp3) is 0.838. The van der Waals surface area contributed by atoms with Gasteiger partial charge in [0.1, 0.15) is 0 Å². The van der Waals surface area contributed by atoms with Crippen LogP contribution >= 0.6 is 11.8 Å². The average molecular weight is 778 g/mol. The van der Waals surface area contributed by atoms with Gasteiger partial charge in [0, 0.05) is 39.1 Å². The zero-order valence-electron chi connectivity index (χ0n) is 31.8. The molecule has 0 radical (unpaired) electrons. The predicted octanol–water partition coefficient (Wildman–Crippen LogP) is 2.90. The molecule has 0 aromatic carbocycles. The molecular formula is C37H67N3O12S. The first-order chi connectivity index (χ1) is 25.9. The normalized spacial score (nSPS) is 11.1. The number of rotatable bonds is 43. The molecule has 16 heteroatoms. The zero-order chi connectivity index (χ0) is 38.9. The topological polar surface area (TPSA) is 205 Å². The first kappa shape index (κ1) is 50.7. The smallest absolute Gasteiger partial charge is 0.390 e. The maximum atomic E-state index is 11.7. The molecule has 0 spiro atoms.